The maximum absolute atomic E-state index is 11.5. The van der Waals surface area contributed by atoms with Gasteiger partial charge in [0, 0.05) is 13.0 Å². The molecule has 0 N–H and O–H groups in total. The topological polar surface area (TPSA) is 109 Å². The molecule has 0 unspecified atom stereocenters. The molecule has 0 bridgehead atoms. The number of hydrogen-bond donors (Lipinski definition) is 0. The lowest BCUT2D eigenvalue weighted by Gasteiger charge is -2.09. The molecule has 0 aromatic heterocycles. The Kier molecular flexibility index (Phi) is 42.3. The molecule has 0 spiro atoms. The van der Waals surface area contributed by atoms with Crippen molar-refractivity contribution in [3.05, 3.63) is 0 Å². The number of unbranched alkanes of at least 4 members (excludes halogenated alkanes) is 11. The lowest BCUT2D eigenvalue weighted by atomic mass is 10.1. The maximum Gasteiger partial charge on any atom is 0.305 e. The third kappa shape index (κ3) is 43.1. The summed E-state index contributed by atoms with van der Waals surface area (Å²) in [5.41, 5.74) is 0. The van der Waals surface area contributed by atoms with Crippen LogP contribution in [-0.2, 0) is 52.2 Å². The molecule has 0 atom stereocenters. The monoisotopic (exact) mass is 681 g/mol. The standard InChI is InChI=1S/C36H72O11/c1-3-5-7-8-9-10-11-12-13-15-17-38-18-19-39-20-21-40-22-23-41-24-25-42-26-27-43-28-29-44-30-31-45-32-33-46-34-35-47-36(37)16-14-6-4-2/h3-35H2,1-2H3. The van der Waals surface area contributed by atoms with Crippen molar-refractivity contribution in [1.29, 1.82) is 0 Å². The van der Waals surface area contributed by atoms with Gasteiger partial charge in [-0.05, 0) is 12.8 Å². The average molecular weight is 681 g/mol. The Hall–Kier alpha value is -0.890. The first-order valence-electron chi connectivity index (χ1n) is 18.7. The molecule has 0 saturated heterocycles. The number of rotatable bonds is 42. The number of ether oxygens (including phenoxy) is 10. The summed E-state index contributed by atoms with van der Waals surface area (Å²) in [6.07, 6.45) is 16.9. The van der Waals surface area contributed by atoms with Crippen molar-refractivity contribution in [2.75, 3.05) is 126 Å². The zero-order valence-electron chi connectivity index (χ0n) is 30.3. The molecule has 0 saturated carbocycles. The number of carbonyl (C=O) groups is 1. The van der Waals surface area contributed by atoms with Crippen LogP contribution < -0.4 is 0 Å². The highest BCUT2D eigenvalue weighted by Gasteiger charge is 2.02. The van der Waals surface area contributed by atoms with E-state index in [0.717, 1.165) is 32.3 Å². The summed E-state index contributed by atoms with van der Waals surface area (Å²) in [5, 5.41) is 0. The van der Waals surface area contributed by atoms with Crippen LogP contribution in [0.5, 0.6) is 0 Å². The average Bonchev–Trinajstić information content (AvgIpc) is 3.08. The Balaban J connectivity index is 3.07. The molecule has 0 aliphatic rings. The lowest BCUT2D eigenvalue weighted by Crippen LogP contribution is -2.15. The van der Waals surface area contributed by atoms with Crippen LogP contribution in [0, 0.1) is 0 Å². The molecule has 0 aliphatic carbocycles. The SMILES string of the molecule is CCCCCCCCCCCCOCCOCCOCCOCCOCCOCCOCCOCCOCCOC(=O)CCCCC. The van der Waals surface area contributed by atoms with Gasteiger partial charge in [-0.3, -0.25) is 4.79 Å². The van der Waals surface area contributed by atoms with Crippen LogP contribution in [0.1, 0.15) is 104 Å². The largest absolute Gasteiger partial charge is 0.463 e. The number of hydrogen-bond acceptors (Lipinski definition) is 11. The highest BCUT2D eigenvalue weighted by atomic mass is 16.6. The third-order valence-corrected chi connectivity index (χ3v) is 7.09. The summed E-state index contributed by atoms with van der Waals surface area (Å²) in [6, 6.07) is 0. The quantitative estimate of drug-likeness (QED) is 0.0545. The minimum atomic E-state index is -0.155. The van der Waals surface area contributed by atoms with Crippen LogP contribution in [-0.4, -0.2) is 132 Å². The van der Waals surface area contributed by atoms with E-state index in [0.29, 0.717) is 119 Å². The Morgan fingerprint density at radius 3 is 0.894 bits per heavy atom. The Morgan fingerprint density at radius 1 is 0.298 bits per heavy atom. The van der Waals surface area contributed by atoms with Crippen molar-refractivity contribution in [3.63, 3.8) is 0 Å². The summed E-state index contributed by atoms with van der Waals surface area (Å²) < 4.78 is 54.6. The van der Waals surface area contributed by atoms with Gasteiger partial charge < -0.3 is 47.4 Å². The van der Waals surface area contributed by atoms with E-state index in [1.165, 1.54) is 57.8 Å². The summed E-state index contributed by atoms with van der Waals surface area (Å²) in [7, 11) is 0. The molecule has 11 nitrogen and oxygen atoms in total. The van der Waals surface area contributed by atoms with Crippen LogP contribution in [0.3, 0.4) is 0 Å². The molecule has 11 heteroatoms. The van der Waals surface area contributed by atoms with E-state index in [4.69, 9.17) is 47.4 Å². The van der Waals surface area contributed by atoms with Gasteiger partial charge in [0.1, 0.15) is 6.61 Å². The second-order valence-corrected chi connectivity index (χ2v) is 11.4. The summed E-state index contributed by atoms with van der Waals surface area (Å²) in [6.45, 7) is 14.3. The van der Waals surface area contributed by atoms with Gasteiger partial charge in [0.15, 0.2) is 0 Å². The van der Waals surface area contributed by atoms with E-state index in [1.54, 1.807) is 0 Å². The van der Waals surface area contributed by atoms with Crippen molar-refractivity contribution in [3.8, 4) is 0 Å². The minimum Gasteiger partial charge on any atom is -0.463 e. The van der Waals surface area contributed by atoms with Gasteiger partial charge in [-0.2, -0.15) is 0 Å². The first kappa shape index (κ1) is 46.1. The zero-order chi connectivity index (χ0) is 34.0. The Labute approximate surface area is 287 Å². The predicted molar refractivity (Wildman–Crippen MR) is 184 cm³/mol. The van der Waals surface area contributed by atoms with Gasteiger partial charge >= 0.3 is 5.97 Å². The molecular formula is C36H72O11. The maximum atomic E-state index is 11.5. The Bertz CT molecular complexity index is 583. The van der Waals surface area contributed by atoms with E-state index in [9.17, 15) is 4.79 Å². The molecular weight excluding hydrogens is 608 g/mol. The van der Waals surface area contributed by atoms with Gasteiger partial charge in [-0.25, -0.2) is 0 Å². The fourth-order valence-electron chi connectivity index (χ4n) is 4.36. The minimum absolute atomic E-state index is 0.155. The summed E-state index contributed by atoms with van der Waals surface area (Å²) >= 11 is 0. The molecule has 0 aromatic carbocycles. The first-order chi connectivity index (χ1) is 23.3. The van der Waals surface area contributed by atoms with Crippen molar-refractivity contribution >= 4 is 5.97 Å². The van der Waals surface area contributed by atoms with Gasteiger partial charge in [-0.15, -0.1) is 0 Å². The van der Waals surface area contributed by atoms with Gasteiger partial charge in [0.2, 0.25) is 0 Å². The van der Waals surface area contributed by atoms with Crippen LogP contribution in [0.25, 0.3) is 0 Å². The zero-order valence-corrected chi connectivity index (χ0v) is 30.3. The highest BCUT2D eigenvalue weighted by molar-refractivity contribution is 5.69. The van der Waals surface area contributed by atoms with Gasteiger partial charge in [-0.1, -0.05) is 84.5 Å². The van der Waals surface area contributed by atoms with E-state index < -0.39 is 0 Å². The van der Waals surface area contributed by atoms with E-state index in [-0.39, 0.29) is 12.6 Å². The molecule has 282 valence electrons. The van der Waals surface area contributed by atoms with Crippen LogP contribution in [0.15, 0.2) is 0 Å². The van der Waals surface area contributed by atoms with Crippen molar-refractivity contribution in [1.82, 2.24) is 0 Å². The number of esters is 1. The molecule has 0 amide bonds. The van der Waals surface area contributed by atoms with Crippen LogP contribution >= 0.6 is 0 Å². The third-order valence-electron chi connectivity index (χ3n) is 7.09. The summed E-state index contributed by atoms with van der Waals surface area (Å²) in [5.74, 6) is -0.155. The summed E-state index contributed by atoms with van der Waals surface area (Å²) in [4.78, 5) is 11.5. The number of carbonyl (C=O) groups excluding carboxylic acids is 1. The fraction of sp³-hybridized carbons (Fsp3) is 0.972. The first-order valence-corrected chi connectivity index (χ1v) is 18.7. The van der Waals surface area contributed by atoms with Gasteiger partial charge in [0.05, 0.1) is 112 Å². The molecule has 0 aromatic rings. The predicted octanol–water partition coefficient (Wildman–Crippen LogP) is 6.18. The molecule has 0 radical (unpaired) electrons. The molecule has 0 rings (SSSR count). The fourth-order valence-corrected chi connectivity index (χ4v) is 4.36. The Morgan fingerprint density at radius 2 is 0.553 bits per heavy atom. The smallest absolute Gasteiger partial charge is 0.305 e. The van der Waals surface area contributed by atoms with Gasteiger partial charge in [0.25, 0.3) is 0 Å². The van der Waals surface area contributed by atoms with Crippen LogP contribution in [0.2, 0.25) is 0 Å². The van der Waals surface area contributed by atoms with E-state index in [1.807, 2.05) is 0 Å². The molecule has 47 heavy (non-hydrogen) atoms. The van der Waals surface area contributed by atoms with Crippen molar-refractivity contribution in [2.24, 2.45) is 0 Å². The molecule has 0 fully saturated rings. The molecule has 0 aliphatic heterocycles. The van der Waals surface area contributed by atoms with Crippen molar-refractivity contribution in [2.45, 2.75) is 104 Å². The lowest BCUT2D eigenvalue weighted by molar-refractivity contribution is -0.145. The molecule has 0 heterocycles. The highest BCUT2D eigenvalue weighted by Crippen LogP contribution is 2.10. The van der Waals surface area contributed by atoms with E-state index >= 15 is 0 Å². The van der Waals surface area contributed by atoms with Crippen molar-refractivity contribution < 1.29 is 52.2 Å². The van der Waals surface area contributed by atoms with E-state index in [2.05, 4.69) is 13.8 Å². The van der Waals surface area contributed by atoms with Crippen LogP contribution in [0.4, 0.5) is 0 Å². The second kappa shape index (κ2) is 43.1. The second-order valence-electron chi connectivity index (χ2n) is 11.4. The normalized spacial score (nSPS) is 11.4.